The van der Waals surface area contributed by atoms with Crippen molar-refractivity contribution in [2.75, 3.05) is 6.54 Å². The van der Waals surface area contributed by atoms with E-state index in [9.17, 15) is 0 Å². The van der Waals surface area contributed by atoms with Crippen LogP contribution in [0.2, 0.25) is 0 Å². The van der Waals surface area contributed by atoms with Gasteiger partial charge in [0.25, 0.3) is 0 Å². The van der Waals surface area contributed by atoms with E-state index in [1.54, 1.807) is 5.56 Å². The second-order valence-electron chi connectivity index (χ2n) is 4.32. The van der Waals surface area contributed by atoms with E-state index < -0.39 is 0 Å². The van der Waals surface area contributed by atoms with Crippen LogP contribution in [0.15, 0.2) is 18.2 Å². The lowest BCUT2D eigenvalue weighted by atomic mass is 9.87. The lowest BCUT2D eigenvalue weighted by molar-refractivity contribution is 0.509. The molecule has 1 aromatic rings. The minimum atomic E-state index is 0.740. The lowest BCUT2D eigenvalue weighted by Crippen LogP contribution is -2.28. The van der Waals surface area contributed by atoms with Crippen molar-refractivity contribution in [2.24, 2.45) is 0 Å². The molecule has 1 aromatic carbocycles. The van der Waals surface area contributed by atoms with Gasteiger partial charge in [-0.3, -0.25) is 0 Å². The SMILES string of the molecule is CCCC1CNCc2cc(C)ccc21. The van der Waals surface area contributed by atoms with Gasteiger partial charge in [-0.15, -0.1) is 0 Å². The maximum atomic E-state index is 3.50. The highest BCUT2D eigenvalue weighted by Gasteiger charge is 2.18. The minimum Gasteiger partial charge on any atom is -0.312 e. The predicted molar refractivity (Wildman–Crippen MR) is 60.5 cm³/mol. The Morgan fingerprint density at radius 2 is 2.29 bits per heavy atom. The van der Waals surface area contributed by atoms with Gasteiger partial charge in [0.1, 0.15) is 0 Å². The van der Waals surface area contributed by atoms with Gasteiger partial charge in [-0.1, -0.05) is 37.1 Å². The van der Waals surface area contributed by atoms with Crippen molar-refractivity contribution in [3.8, 4) is 0 Å². The molecule has 1 unspecified atom stereocenters. The van der Waals surface area contributed by atoms with E-state index in [1.807, 2.05) is 0 Å². The Kier molecular flexibility index (Phi) is 2.87. The largest absolute Gasteiger partial charge is 0.312 e. The van der Waals surface area contributed by atoms with E-state index in [2.05, 4.69) is 37.4 Å². The third kappa shape index (κ3) is 1.83. The number of benzene rings is 1. The van der Waals surface area contributed by atoms with Gasteiger partial charge in [-0.25, -0.2) is 0 Å². The maximum Gasteiger partial charge on any atom is 0.0208 e. The molecule has 0 spiro atoms. The topological polar surface area (TPSA) is 12.0 Å². The molecule has 1 aliphatic rings. The average Bonchev–Trinajstić information content (AvgIpc) is 2.18. The molecule has 0 radical (unpaired) electrons. The fraction of sp³-hybridized carbons (Fsp3) is 0.538. The third-order valence-corrected chi connectivity index (χ3v) is 3.08. The van der Waals surface area contributed by atoms with Crippen LogP contribution in [0.1, 0.15) is 42.4 Å². The first kappa shape index (κ1) is 9.72. The normalized spacial score (nSPS) is 20.6. The molecule has 76 valence electrons. The Morgan fingerprint density at radius 3 is 3.07 bits per heavy atom. The average molecular weight is 189 g/mol. The molecule has 1 atom stereocenters. The molecule has 0 aliphatic carbocycles. The molecule has 0 bridgehead atoms. The molecule has 0 amide bonds. The number of fused-ring (bicyclic) bond motifs is 1. The Labute approximate surface area is 86.5 Å². The van der Waals surface area contributed by atoms with E-state index in [4.69, 9.17) is 0 Å². The molecule has 0 aromatic heterocycles. The number of nitrogens with one attached hydrogen (secondary N) is 1. The summed E-state index contributed by atoms with van der Waals surface area (Å²) in [5.74, 6) is 0.740. The van der Waals surface area contributed by atoms with Crippen molar-refractivity contribution in [1.82, 2.24) is 5.32 Å². The first-order chi connectivity index (χ1) is 6.81. The summed E-state index contributed by atoms with van der Waals surface area (Å²) < 4.78 is 0. The molecule has 1 N–H and O–H groups in total. The Bertz CT molecular complexity index is 317. The van der Waals surface area contributed by atoms with Crippen LogP contribution in [-0.4, -0.2) is 6.54 Å². The molecule has 2 rings (SSSR count). The summed E-state index contributed by atoms with van der Waals surface area (Å²) in [6.45, 7) is 6.65. The van der Waals surface area contributed by atoms with Crippen molar-refractivity contribution >= 4 is 0 Å². The highest BCUT2D eigenvalue weighted by molar-refractivity contribution is 5.35. The molecular weight excluding hydrogens is 170 g/mol. The van der Waals surface area contributed by atoms with Gasteiger partial charge in [0, 0.05) is 13.1 Å². The van der Waals surface area contributed by atoms with Crippen LogP contribution in [0.25, 0.3) is 0 Å². The zero-order chi connectivity index (χ0) is 9.97. The van der Waals surface area contributed by atoms with Crippen LogP contribution in [0.5, 0.6) is 0 Å². The van der Waals surface area contributed by atoms with E-state index in [-0.39, 0.29) is 0 Å². The van der Waals surface area contributed by atoms with Crippen molar-refractivity contribution < 1.29 is 0 Å². The quantitative estimate of drug-likeness (QED) is 0.754. The van der Waals surface area contributed by atoms with Crippen LogP contribution in [0.4, 0.5) is 0 Å². The fourth-order valence-electron chi connectivity index (χ4n) is 2.38. The summed E-state index contributed by atoms with van der Waals surface area (Å²) in [7, 11) is 0. The predicted octanol–water partition coefficient (Wildman–Crippen LogP) is 2.98. The molecule has 1 heterocycles. The molecule has 0 saturated carbocycles. The van der Waals surface area contributed by atoms with Crippen molar-refractivity contribution in [3.05, 3.63) is 34.9 Å². The number of hydrogen-bond acceptors (Lipinski definition) is 1. The second-order valence-corrected chi connectivity index (χ2v) is 4.32. The van der Waals surface area contributed by atoms with Gasteiger partial charge < -0.3 is 5.32 Å². The van der Waals surface area contributed by atoms with Crippen LogP contribution < -0.4 is 5.32 Å². The Hall–Kier alpha value is -0.820. The van der Waals surface area contributed by atoms with Crippen LogP contribution in [-0.2, 0) is 6.54 Å². The fourth-order valence-corrected chi connectivity index (χ4v) is 2.38. The lowest BCUT2D eigenvalue weighted by Gasteiger charge is -2.26. The first-order valence-corrected chi connectivity index (χ1v) is 5.61. The van der Waals surface area contributed by atoms with Gasteiger partial charge >= 0.3 is 0 Å². The molecule has 1 heteroatoms. The van der Waals surface area contributed by atoms with Gasteiger partial charge in [-0.05, 0) is 30.4 Å². The third-order valence-electron chi connectivity index (χ3n) is 3.08. The standard InChI is InChI=1S/C13H19N/c1-3-4-11-8-14-9-12-7-10(2)5-6-13(11)12/h5-7,11,14H,3-4,8-9H2,1-2H3. The molecule has 14 heavy (non-hydrogen) atoms. The Balaban J connectivity index is 2.30. The van der Waals surface area contributed by atoms with Crippen molar-refractivity contribution in [3.63, 3.8) is 0 Å². The first-order valence-electron chi connectivity index (χ1n) is 5.61. The molecule has 1 nitrogen and oxygen atoms in total. The monoisotopic (exact) mass is 189 g/mol. The zero-order valence-corrected chi connectivity index (χ0v) is 9.14. The molecule has 0 saturated heterocycles. The Morgan fingerprint density at radius 1 is 1.43 bits per heavy atom. The highest BCUT2D eigenvalue weighted by Crippen LogP contribution is 2.28. The van der Waals surface area contributed by atoms with Gasteiger partial charge in [0.15, 0.2) is 0 Å². The van der Waals surface area contributed by atoms with Crippen molar-refractivity contribution in [2.45, 2.75) is 39.2 Å². The summed E-state index contributed by atoms with van der Waals surface area (Å²) in [5, 5.41) is 3.50. The second kappa shape index (κ2) is 4.14. The van der Waals surface area contributed by atoms with Crippen molar-refractivity contribution in [1.29, 1.82) is 0 Å². The number of aryl methyl sites for hydroxylation is 1. The van der Waals surface area contributed by atoms with Crippen LogP contribution in [0, 0.1) is 6.92 Å². The van der Waals surface area contributed by atoms with E-state index in [0.717, 1.165) is 19.0 Å². The van der Waals surface area contributed by atoms with Gasteiger partial charge in [0.2, 0.25) is 0 Å². The smallest absolute Gasteiger partial charge is 0.0208 e. The van der Waals surface area contributed by atoms with Gasteiger partial charge in [0.05, 0.1) is 0 Å². The van der Waals surface area contributed by atoms with E-state index in [0.29, 0.717) is 0 Å². The summed E-state index contributed by atoms with van der Waals surface area (Å²) in [6.07, 6.45) is 2.59. The minimum absolute atomic E-state index is 0.740. The number of hydrogen-bond donors (Lipinski definition) is 1. The highest BCUT2D eigenvalue weighted by atomic mass is 14.9. The summed E-state index contributed by atoms with van der Waals surface area (Å²) in [5.41, 5.74) is 4.47. The van der Waals surface area contributed by atoms with E-state index >= 15 is 0 Å². The summed E-state index contributed by atoms with van der Waals surface area (Å²) in [4.78, 5) is 0. The summed E-state index contributed by atoms with van der Waals surface area (Å²) in [6, 6.07) is 6.89. The van der Waals surface area contributed by atoms with Gasteiger partial charge in [-0.2, -0.15) is 0 Å². The molecule has 1 aliphatic heterocycles. The molecule has 0 fully saturated rings. The summed E-state index contributed by atoms with van der Waals surface area (Å²) >= 11 is 0. The number of rotatable bonds is 2. The van der Waals surface area contributed by atoms with E-state index in [1.165, 1.54) is 24.0 Å². The van der Waals surface area contributed by atoms with Crippen LogP contribution in [0.3, 0.4) is 0 Å². The van der Waals surface area contributed by atoms with Crippen LogP contribution >= 0.6 is 0 Å². The maximum absolute atomic E-state index is 3.50. The molecular formula is C13H19N. The zero-order valence-electron chi connectivity index (χ0n) is 9.14.